The van der Waals surface area contributed by atoms with Crippen molar-refractivity contribution in [2.24, 2.45) is 5.73 Å². The van der Waals surface area contributed by atoms with E-state index in [1.165, 1.54) is 0 Å². The van der Waals surface area contributed by atoms with Gasteiger partial charge in [-0.2, -0.15) is 0 Å². The Labute approximate surface area is 108 Å². The van der Waals surface area contributed by atoms with Crippen LogP contribution in [0.15, 0.2) is 6.07 Å². The average molecular weight is 250 g/mol. The van der Waals surface area contributed by atoms with Gasteiger partial charge in [0.2, 0.25) is 5.95 Å². The zero-order valence-electron chi connectivity index (χ0n) is 11.4. The van der Waals surface area contributed by atoms with E-state index in [4.69, 9.17) is 10.5 Å². The molecule has 0 aliphatic carbocycles. The molecule has 2 heterocycles. The van der Waals surface area contributed by atoms with Crippen LogP contribution in [0.3, 0.4) is 0 Å². The fourth-order valence-corrected chi connectivity index (χ4v) is 2.41. The van der Waals surface area contributed by atoms with Crippen LogP contribution in [0.1, 0.15) is 31.2 Å². The Morgan fingerprint density at radius 1 is 1.50 bits per heavy atom. The van der Waals surface area contributed by atoms with Crippen molar-refractivity contribution in [2.75, 3.05) is 25.1 Å². The van der Waals surface area contributed by atoms with Crippen molar-refractivity contribution in [3.05, 3.63) is 17.5 Å². The molecule has 5 nitrogen and oxygen atoms in total. The number of rotatable bonds is 3. The van der Waals surface area contributed by atoms with E-state index in [9.17, 15) is 0 Å². The van der Waals surface area contributed by atoms with Gasteiger partial charge in [0.05, 0.1) is 11.3 Å². The molecule has 1 aromatic rings. The molecule has 2 rings (SSSR count). The second-order valence-electron chi connectivity index (χ2n) is 5.18. The number of methoxy groups -OCH3 is 1. The van der Waals surface area contributed by atoms with Gasteiger partial charge >= 0.3 is 0 Å². The fraction of sp³-hybridized carbons (Fsp3) is 0.692. The van der Waals surface area contributed by atoms with Gasteiger partial charge in [0, 0.05) is 32.4 Å². The van der Waals surface area contributed by atoms with Crippen LogP contribution >= 0.6 is 0 Å². The maximum absolute atomic E-state index is 5.66. The number of hydrogen-bond acceptors (Lipinski definition) is 5. The van der Waals surface area contributed by atoms with Crippen molar-refractivity contribution in [2.45, 2.75) is 38.8 Å². The zero-order chi connectivity index (χ0) is 13.2. The molecule has 0 radical (unpaired) electrons. The van der Waals surface area contributed by atoms with E-state index in [-0.39, 0.29) is 5.60 Å². The molecule has 0 bridgehead atoms. The Morgan fingerprint density at radius 2 is 2.28 bits per heavy atom. The first-order valence-corrected chi connectivity index (χ1v) is 6.41. The van der Waals surface area contributed by atoms with Crippen LogP contribution in [0.4, 0.5) is 5.95 Å². The van der Waals surface area contributed by atoms with E-state index in [0.717, 1.165) is 43.3 Å². The van der Waals surface area contributed by atoms with Gasteiger partial charge < -0.3 is 15.4 Å². The Bertz CT molecular complexity index is 423. The molecule has 0 amide bonds. The molecular weight excluding hydrogens is 228 g/mol. The molecule has 0 spiro atoms. The summed E-state index contributed by atoms with van der Waals surface area (Å²) < 4.78 is 5.60. The van der Waals surface area contributed by atoms with Gasteiger partial charge in [-0.25, -0.2) is 9.97 Å². The van der Waals surface area contributed by atoms with Crippen molar-refractivity contribution in [3.63, 3.8) is 0 Å². The van der Waals surface area contributed by atoms with Crippen LogP contribution in [0.5, 0.6) is 0 Å². The number of aromatic nitrogens is 2. The Morgan fingerprint density at radius 3 is 2.94 bits per heavy atom. The summed E-state index contributed by atoms with van der Waals surface area (Å²) in [6, 6.07) is 1.93. The van der Waals surface area contributed by atoms with Crippen molar-refractivity contribution >= 4 is 5.95 Å². The smallest absolute Gasteiger partial charge is 0.225 e. The maximum atomic E-state index is 5.66. The standard InChI is InChI=1S/C13H22N4O/c1-10-7-11(8-14)16-12(15-10)17-6-4-5-13(2,9-17)18-3/h7H,4-6,8-9,14H2,1-3H3. The Balaban J connectivity index is 2.23. The topological polar surface area (TPSA) is 64.3 Å². The lowest BCUT2D eigenvalue weighted by Crippen LogP contribution is -2.48. The van der Waals surface area contributed by atoms with Crippen LogP contribution in [-0.4, -0.2) is 35.8 Å². The third kappa shape index (κ3) is 2.79. The van der Waals surface area contributed by atoms with Crippen LogP contribution in [-0.2, 0) is 11.3 Å². The van der Waals surface area contributed by atoms with Gasteiger partial charge in [0.1, 0.15) is 0 Å². The number of anilines is 1. The number of aryl methyl sites for hydroxylation is 1. The molecule has 1 atom stereocenters. The molecule has 0 saturated carbocycles. The van der Waals surface area contributed by atoms with Crippen molar-refractivity contribution in [3.8, 4) is 0 Å². The van der Waals surface area contributed by atoms with Crippen molar-refractivity contribution in [1.82, 2.24) is 9.97 Å². The molecule has 0 aromatic carbocycles. The molecule has 18 heavy (non-hydrogen) atoms. The van der Waals surface area contributed by atoms with E-state index >= 15 is 0 Å². The summed E-state index contributed by atoms with van der Waals surface area (Å²) in [4.78, 5) is 11.2. The molecule has 1 aliphatic rings. The van der Waals surface area contributed by atoms with Crippen molar-refractivity contribution in [1.29, 1.82) is 0 Å². The van der Waals surface area contributed by atoms with Crippen LogP contribution in [0.2, 0.25) is 0 Å². The summed E-state index contributed by atoms with van der Waals surface area (Å²) in [6.45, 7) is 6.37. The molecule has 1 saturated heterocycles. The summed E-state index contributed by atoms with van der Waals surface area (Å²) in [7, 11) is 1.77. The fourth-order valence-electron chi connectivity index (χ4n) is 2.41. The van der Waals surface area contributed by atoms with Crippen LogP contribution in [0.25, 0.3) is 0 Å². The number of hydrogen-bond donors (Lipinski definition) is 1. The van der Waals surface area contributed by atoms with Crippen molar-refractivity contribution < 1.29 is 4.74 Å². The van der Waals surface area contributed by atoms with Crippen LogP contribution < -0.4 is 10.6 Å². The highest BCUT2D eigenvalue weighted by molar-refractivity contribution is 5.34. The number of piperidine rings is 1. The molecule has 5 heteroatoms. The minimum Gasteiger partial charge on any atom is -0.377 e. The van der Waals surface area contributed by atoms with E-state index in [2.05, 4.69) is 21.8 Å². The Hall–Kier alpha value is -1.20. The monoisotopic (exact) mass is 250 g/mol. The normalized spacial score (nSPS) is 24.3. The van der Waals surface area contributed by atoms with Gasteiger partial charge in [-0.3, -0.25) is 0 Å². The molecule has 1 unspecified atom stereocenters. The van der Waals surface area contributed by atoms with Gasteiger partial charge in [0.15, 0.2) is 0 Å². The lowest BCUT2D eigenvalue weighted by molar-refractivity contribution is -0.00500. The van der Waals surface area contributed by atoms with E-state index in [1.807, 2.05) is 13.0 Å². The zero-order valence-corrected chi connectivity index (χ0v) is 11.4. The second-order valence-corrected chi connectivity index (χ2v) is 5.18. The first kappa shape index (κ1) is 13.2. The predicted octanol–water partition coefficient (Wildman–Crippen LogP) is 1.25. The lowest BCUT2D eigenvalue weighted by Gasteiger charge is -2.39. The highest BCUT2D eigenvalue weighted by atomic mass is 16.5. The summed E-state index contributed by atoms with van der Waals surface area (Å²) in [5.41, 5.74) is 7.41. The van der Waals surface area contributed by atoms with Gasteiger partial charge in [-0.1, -0.05) is 0 Å². The van der Waals surface area contributed by atoms with E-state index in [1.54, 1.807) is 7.11 Å². The summed E-state index contributed by atoms with van der Waals surface area (Å²) in [5.74, 6) is 0.776. The second kappa shape index (κ2) is 5.20. The highest BCUT2D eigenvalue weighted by Crippen LogP contribution is 2.26. The summed E-state index contributed by atoms with van der Waals surface area (Å²) in [6.07, 6.45) is 2.18. The first-order chi connectivity index (χ1) is 8.56. The molecular formula is C13H22N4O. The minimum atomic E-state index is -0.103. The molecule has 2 N–H and O–H groups in total. The van der Waals surface area contributed by atoms with Crippen LogP contribution in [0, 0.1) is 6.92 Å². The third-order valence-electron chi connectivity index (χ3n) is 3.54. The third-order valence-corrected chi connectivity index (χ3v) is 3.54. The highest BCUT2D eigenvalue weighted by Gasteiger charge is 2.31. The number of nitrogens with zero attached hydrogens (tertiary/aromatic N) is 3. The minimum absolute atomic E-state index is 0.103. The van der Waals surface area contributed by atoms with Gasteiger partial charge in [0.25, 0.3) is 0 Å². The summed E-state index contributed by atoms with van der Waals surface area (Å²) in [5, 5.41) is 0. The van der Waals surface area contributed by atoms with Gasteiger partial charge in [-0.15, -0.1) is 0 Å². The molecule has 100 valence electrons. The Kier molecular flexibility index (Phi) is 3.82. The molecule has 1 fully saturated rings. The maximum Gasteiger partial charge on any atom is 0.225 e. The lowest BCUT2D eigenvalue weighted by atomic mass is 9.95. The van der Waals surface area contributed by atoms with E-state index < -0.39 is 0 Å². The average Bonchev–Trinajstić information content (AvgIpc) is 2.38. The summed E-state index contributed by atoms with van der Waals surface area (Å²) >= 11 is 0. The molecule has 1 aliphatic heterocycles. The SMILES string of the molecule is COC1(C)CCCN(c2nc(C)cc(CN)n2)C1. The quantitative estimate of drug-likeness (QED) is 0.874. The van der Waals surface area contributed by atoms with E-state index in [0.29, 0.717) is 6.54 Å². The first-order valence-electron chi connectivity index (χ1n) is 6.41. The number of ether oxygens (including phenoxy) is 1. The van der Waals surface area contributed by atoms with Gasteiger partial charge in [-0.05, 0) is 32.8 Å². The largest absolute Gasteiger partial charge is 0.377 e. The molecule has 1 aromatic heterocycles. The number of nitrogens with two attached hydrogens (primary N) is 1. The predicted molar refractivity (Wildman–Crippen MR) is 71.5 cm³/mol.